The Labute approximate surface area is 162 Å². The molecule has 0 aliphatic heterocycles. The zero-order valence-corrected chi connectivity index (χ0v) is 18.1. The SMILES string of the molecule is CCCCCCCCCCCCC(=S)SS(=O)(=O)C(CCC)C(=O)O. The van der Waals surface area contributed by atoms with E-state index < -0.39 is 20.1 Å². The first-order valence-corrected chi connectivity index (χ1v) is 12.8. The minimum Gasteiger partial charge on any atom is -0.480 e. The van der Waals surface area contributed by atoms with Gasteiger partial charge in [-0.15, -0.1) is 0 Å². The highest BCUT2D eigenvalue weighted by molar-refractivity contribution is 8.79. The molecule has 0 bridgehead atoms. The van der Waals surface area contributed by atoms with Crippen LogP contribution in [0.2, 0.25) is 0 Å². The maximum Gasteiger partial charge on any atom is 0.322 e. The third-order valence-corrected chi connectivity index (χ3v) is 8.64. The van der Waals surface area contributed by atoms with Gasteiger partial charge >= 0.3 is 5.97 Å². The molecule has 0 saturated carbocycles. The summed E-state index contributed by atoms with van der Waals surface area (Å²) in [5.74, 6) is -1.28. The molecule has 4 nitrogen and oxygen atoms in total. The van der Waals surface area contributed by atoms with Crippen molar-refractivity contribution in [1.29, 1.82) is 0 Å². The molecule has 1 unspecified atom stereocenters. The minimum absolute atomic E-state index is 0.130. The third-order valence-electron chi connectivity index (χ3n) is 4.12. The molecule has 0 aliphatic rings. The van der Waals surface area contributed by atoms with Gasteiger partial charge in [-0.1, -0.05) is 90.3 Å². The van der Waals surface area contributed by atoms with E-state index in [1.54, 1.807) is 6.92 Å². The fraction of sp³-hybridized carbons (Fsp3) is 0.889. The molecule has 1 atom stereocenters. The number of unbranched alkanes of at least 4 members (excludes halogenated alkanes) is 9. The largest absolute Gasteiger partial charge is 0.480 e. The summed E-state index contributed by atoms with van der Waals surface area (Å²) in [6.45, 7) is 4.00. The predicted octanol–water partition coefficient (Wildman–Crippen LogP) is 5.94. The Morgan fingerprint density at radius 1 is 0.920 bits per heavy atom. The normalized spacial score (nSPS) is 12.9. The molecule has 0 fully saturated rings. The van der Waals surface area contributed by atoms with E-state index in [1.165, 1.54) is 44.9 Å². The maximum absolute atomic E-state index is 12.1. The first-order chi connectivity index (χ1) is 11.8. The van der Waals surface area contributed by atoms with E-state index in [9.17, 15) is 13.2 Å². The Bertz CT molecular complexity index is 475. The van der Waals surface area contributed by atoms with Gasteiger partial charge in [0.15, 0.2) is 5.25 Å². The van der Waals surface area contributed by atoms with Crippen molar-refractivity contribution in [1.82, 2.24) is 0 Å². The van der Waals surface area contributed by atoms with Crippen molar-refractivity contribution >= 4 is 42.0 Å². The van der Waals surface area contributed by atoms with Gasteiger partial charge in [0.1, 0.15) is 0 Å². The van der Waals surface area contributed by atoms with Gasteiger partial charge in [0.25, 0.3) is 0 Å². The van der Waals surface area contributed by atoms with Crippen LogP contribution in [0, 0.1) is 0 Å². The third kappa shape index (κ3) is 12.8. The maximum atomic E-state index is 12.1. The summed E-state index contributed by atoms with van der Waals surface area (Å²) in [4.78, 5) is 11.1. The van der Waals surface area contributed by atoms with Crippen LogP contribution in [0.1, 0.15) is 97.3 Å². The number of carbonyl (C=O) groups is 1. The van der Waals surface area contributed by atoms with Crippen LogP contribution in [0.3, 0.4) is 0 Å². The van der Waals surface area contributed by atoms with Crippen LogP contribution in [0.4, 0.5) is 0 Å². The standard InChI is InChI=1S/C18H34O4S3/c1-3-5-6-7-8-9-10-11-12-13-15-17(23)24-25(21,22)16(14-4-2)18(19)20/h16H,3-15H2,1-2H3,(H,19,20). The molecule has 0 aliphatic carbocycles. The smallest absolute Gasteiger partial charge is 0.322 e. The number of carboxylic acids is 1. The first kappa shape index (κ1) is 24.9. The van der Waals surface area contributed by atoms with Gasteiger partial charge < -0.3 is 5.11 Å². The molecule has 0 saturated heterocycles. The molecule has 0 radical (unpaired) electrons. The summed E-state index contributed by atoms with van der Waals surface area (Å²) >= 11 is 5.14. The summed E-state index contributed by atoms with van der Waals surface area (Å²) in [5, 5.41) is 7.73. The summed E-state index contributed by atoms with van der Waals surface area (Å²) in [5.41, 5.74) is 0. The van der Waals surface area contributed by atoms with E-state index in [-0.39, 0.29) is 6.42 Å². The number of hydrogen-bond donors (Lipinski definition) is 1. The summed E-state index contributed by atoms with van der Waals surface area (Å²) in [7, 11) is -3.19. The van der Waals surface area contributed by atoms with Crippen LogP contribution < -0.4 is 0 Å². The quantitative estimate of drug-likeness (QED) is 0.193. The number of thiocarbonyl (C=S) groups is 1. The van der Waals surface area contributed by atoms with E-state index in [1.807, 2.05) is 0 Å². The average molecular weight is 411 g/mol. The van der Waals surface area contributed by atoms with E-state index in [0.717, 1.165) is 19.3 Å². The van der Waals surface area contributed by atoms with Crippen molar-refractivity contribution in [2.75, 3.05) is 0 Å². The Morgan fingerprint density at radius 3 is 1.84 bits per heavy atom. The molecule has 25 heavy (non-hydrogen) atoms. The van der Waals surface area contributed by atoms with Gasteiger partial charge in [-0.05, 0) is 19.3 Å². The topological polar surface area (TPSA) is 71.4 Å². The van der Waals surface area contributed by atoms with Gasteiger partial charge in [0.2, 0.25) is 8.87 Å². The number of carboxylic acid groups (broad SMARTS) is 1. The van der Waals surface area contributed by atoms with E-state index in [4.69, 9.17) is 17.3 Å². The minimum atomic E-state index is -3.77. The van der Waals surface area contributed by atoms with Crippen LogP contribution in [-0.2, 0) is 13.7 Å². The molecule has 7 heteroatoms. The summed E-state index contributed by atoms with van der Waals surface area (Å²) in [6.07, 6.45) is 13.4. The Kier molecular flexibility index (Phi) is 14.9. The van der Waals surface area contributed by atoms with Gasteiger partial charge in [-0.25, -0.2) is 8.42 Å². The lowest BCUT2D eigenvalue weighted by Gasteiger charge is -2.12. The fourth-order valence-electron chi connectivity index (χ4n) is 2.64. The van der Waals surface area contributed by atoms with Gasteiger partial charge in [-0.2, -0.15) is 0 Å². The monoisotopic (exact) mass is 410 g/mol. The van der Waals surface area contributed by atoms with Crippen molar-refractivity contribution in [2.45, 2.75) is 103 Å². The number of hydrogen-bond acceptors (Lipinski definition) is 5. The van der Waals surface area contributed by atoms with Crippen molar-refractivity contribution in [3.8, 4) is 0 Å². The second kappa shape index (κ2) is 15.0. The highest BCUT2D eigenvalue weighted by Gasteiger charge is 2.33. The van der Waals surface area contributed by atoms with Crippen LogP contribution in [0.25, 0.3) is 0 Å². The molecular formula is C18H34O4S3. The zero-order chi connectivity index (χ0) is 19.1. The summed E-state index contributed by atoms with van der Waals surface area (Å²) < 4.78 is 24.7. The molecule has 0 aromatic rings. The second-order valence-corrected chi connectivity index (χ2v) is 11.4. The van der Waals surface area contributed by atoms with Gasteiger partial charge in [0, 0.05) is 10.8 Å². The van der Waals surface area contributed by atoms with Crippen molar-refractivity contribution in [2.24, 2.45) is 0 Å². The molecule has 0 aromatic heterocycles. The number of aliphatic carboxylic acids is 1. The van der Waals surface area contributed by atoms with Crippen LogP contribution >= 0.6 is 23.0 Å². The molecular weight excluding hydrogens is 376 g/mol. The van der Waals surface area contributed by atoms with Crippen molar-refractivity contribution in [3.63, 3.8) is 0 Å². The van der Waals surface area contributed by atoms with E-state index in [0.29, 0.717) is 27.8 Å². The molecule has 1 N–H and O–H groups in total. The Hall–Kier alpha value is -0.140. The molecule has 0 rings (SSSR count). The molecule has 0 aromatic carbocycles. The predicted molar refractivity (Wildman–Crippen MR) is 112 cm³/mol. The average Bonchev–Trinajstić information content (AvgIpc) is 2.53. The summed E-state index contributed by atoms with van der Waals surface area (Å²) in [6, 6.07) is 0. The lowest BCUT2D eigenvalue weighted by Crippen LogP contribution is -2.28. The van der Waals surface area contributed by atoms with Crippen molar-refractivity contribution in [3.05, 3.63) is 0 Å². The van der Waals surface area contributed by atoms with Gasteiger partial charge in [0.05, 0.1) is 4.20 Å². The fourth-order valence-corrected chi connectivity index (χ4v) is 6.92. The van der Waals surface area contributed by atoms with Gasteiger partial charge in [-0.3, -0.25) is 4.79 Å². The van der Waals surface area contributed by atoms with Crippen LogP contribution in [0.15, 0.2) is 0 Å². The zero-order valence-electron chi connectivity index (χ0n) is 15.7. The molecule has 148 valence electrons. The van der Waals surface area contributed by atoms with Crippen molar-refractivity contribution < 1.29 is 18.3 Å². The molecule has 0 heterocycles. The Balaban J connectivity index is 3.87. The highest BCUT2D eigenvalue weighted by atomic mass is 33.1. The molecule has 0 spiro atoms. The first-order valence-electron chi connectivity index (χ1n) is 9.54. The second-order valence-electron chi connectivity index (χ2n) is 6.50. The van der Waals surface area contributed by atoms with E-state index in [2.05, 4.69) is 6.92 Å². The Morgan fingerprint density at radius 2 is 1.40 bits per heavy atom. The molecule has 0 amide bonds. The van der Waals surface area contributed by atoms with Crippen LogP contribution in [0.5, 0.6) is 0 Å². The lowest BCUT2D eigenvalue weighted by molar-refractivity contribution is -0.136. The highest BCUT2D eigenvalue weighted by Crippen LogP contribution is 2.26. The van der Waals surface area contributed by atoms with E-state index >= 15 is 0 Å². The number of rotatable bonds is 16. The lowest BCUT2D eigenvalue weighted by atomic mass is 10.1. The van der Waals surface area contributed by atoms with Crippen LogP contribution in [-0.4, -0.2) is 28.9 Å².